The minimum absolute atomic E-state index is 0.0477. The monoisotopic (exact) mass is 268 g/mol. The number of carboxylic acid groups (broad SMARTS) is 1. The molecule has 1 rings (SSSR count). The molecule has 0 spiro atoms. The Bertz CT molecular complexity index is 488. The zero-order valence-electron chi connectivity index (χ0n) is 9.74. The number of carboxylic acids is 1. The predicted octanol–water partition coefficient (Wildman–Crippen LogP) is 2.73. The van der Waals surface area contributed by atoms with Crippen LogP contribution in [0, 0.1) is 0 Å². The molecule has 0 aliphatic carbocycles. The van der Waals surface area contributed by atoms with Crippen molar-refractivity contribution in [3.05, 3.63) is 41.4 Å². The van der Waals surface area contributed by atoms with E-state index in [1.807, 2.05) is 0 Å². The highest BCUT2D eigenvalue weighted by Gasteiger charge is 2.10. The van der Waals surface area contributed by atoms with Crippen molar-refractivity contribution >= 4 is 29.3 Å². The number of hydrogen-bond donors (Lipinski definition) is 3. The molecule has 3 N–H and O–H groups in total. The van der Waals surface area contributed by atoms with Gasteiger partial charge >= 0.3 is 12.0 Å². The number of aromatic carboxylic acids is 1. The molecule has 0 aliphatic heterocycles. The van der Waals surface area contributed by atoms with E-state index in [1.54, 1.807) is 13.0 Å². The van der Waals surface area contributed by atoms with Crippen molar-refractivity contribution in [3.63, 3.8) is 0 Å². The normalized spacial score (nSPS) is 11.4. The number of benzene rings is 1. The van der Waals surface area contributed by atoms with Crippen LogP contribution in [0.25, 0.3) is 0 Å². The first-order valence-corrected chi connectivity index (χ1v) is 5.54. The van der Waals surface area contributed by atoms with Crippen molar-refractivity contribution in [2.24, 2.45) is 0 Å². The molecular formula is C12H13ClN2O3. The Kier molecular flexibility index (Phi) is 4.74. The average molecular weight is 269 g/mol. The topological polar surface area (TPSA) is 78.4 Å². The molecule has 18 heavy (non-hydrogen) atoms. The third kappa shape index (κ3) is 3.78. The van der Waals surface area contributed by atoms with Crippen molar-refractivity contribution in [1.29, 1.82) is 0 Å². The fraction of sp³-hybridized carbons (Fsp3) is 0.167. The van der Waals surface area contributed by atoms with Crippen LogP contribution >= 0.6 is 11.6 Å². The van der Waals surface area contributed by atoms with Gasteiger partial charge < -0.3 is 15.7 Å². The second kappa shape index (κ2) is 6.07. The Labute approximate surface area is 109 Å². The van der Waals surface area contributed by atoms with E-state index in [0.29, 0.717) is 0 Å². The van der Waals surface area contributed by atoms with Gasteiger partial charge in [0.1, 0.15) is 0 Å². The first-order valence-electron chi connectivity index (χ1n) is 5.17. The highest BCUT2D eigenvalue weighted by Crippen LogP contribution is 2.23. The molecule has 5 nitrogen and oxygen atoms in total. The molecule has 0 fully saturated rings. The Hall–Kier alpha value is -2.01. The van der Waals surface area contributed by atoms with Crippen LogP contribution in [0.15, 0.2) is 30.9 Å². The van der Waals surface area contributed by atoms with E-state index in [9.17, 15) is 9.59 Å². The SMILES string of the molecule is C=CC(C)NC(=O)Nc1cc(C(=O)O)ccc1Cl. The van der Waals surface area contributed by atoms with Crippen LogP contribution in [0.5, 0.6) is 0 Å². The van der Waals surface area contributed by atoms with Gasteiger partial charge in [0.05, 0.1) is 16.3 Å². The number of halogens is 1. The summed E-state index contributed by atoms with van der Waals surface area (Å²) in [7, 11) is 0. The molecule has 0 aromatic heterocycles. The van der Waals surface area contributed by atoms with Gasteiger partial charge in [0.2, 0.25) is 0 Å². The maximum Gasteiger partial charge on any atom is 0.335 e. The zero-order valence-corrected chi connectivity index (χ0v) is 10.5. The highest BCUT2D eigenvalue weighted by atomic mass is 35.5. The van der Waals surface area contributed by atoms with E-state index in [0.717, 1.165) is 0 Å². The van der Waals surface area contributed by atoms with Gasteiger partial charge in [0.25, 0.3) is 0 Å². The molecule has 0 aliphatic rings. The van der Waals surface area contributed by atoms with Gasteiger partial charge in [-0.2, -0.15) is 0 Å². The van der Waals surface area contributed by atoms with Gasteiger partial charge in [-0.15, -0.1) is 6.58 Å². The molecule has 0 heterocycles. The smallest absolute Gasteiger partial charge is 0.335 e. The second-order valence-corrected chi connectivity index (χ2v) is 4.03. The van der Waals surface area contributed by atoms with Crippen LogP contribution in [0.3, 0.4) is 0 Å². The van der Waals surface area contributed by atoms with Gasteiger partial charge in [0.15, 0.2) is 0 Å². The molecule has 2 amide bonds. The third-order valence-corrected chi connectivity index (χ3v) is 2.50. The first kappa shape index (κ1) is 14.1. The van der Waals surface area contributed by atoms with Gasteiger partial charge in [-0.1, -0.05) is 17.7 Å². The maximum atomic E-state index is 11.5. The van der Waals surface area contributed by atoms with E-state index >= 15 is 0 Å². The number of amides is 2. The summed E-state index contributed by atoms with van der Waals surface area (Å²) in [5.41, 5.74) is 0.289. The average Bonchev–Trinajstić information content (AvgIpc) is 2.31. The molecule has 1 aromatic rings. The molecule has 0 bridgehead atoms. The largest absolute Gasteiger partial charge is 0.478 e. The lowest BCUT2D eigenvalue weighted by Gasteiger charge is -2.12. The van der Waals surface area contributed by atoms with Crippen molar-refractivity contribution in [1.82, 2.24) is 5.32 Å². The third-order valence-electron chi connectivity index (χ3n) is 2.17. The molecule has 6 heteroatoms. The molecule has 1 unspecified atom stereocenters. The van der Waals surface area contributed by atoms with Crippen LogP contribution in [-0.2, 0) is 0 Å². The Morgan fingerprint density at radius 1 is 1.50 bits per heavy atom. The molecular weight excluding hydrogens is 256 g/mol. The summed E-state index contributed by atoms with van der Waals surface area (Å²) >= 11 is 5.86. The lowest BCUT2D eigenvalue weighted by molar-refractivity contribution is 0.0697. The molecule has 0 radical (unpaired) electrons. The number of urea groups is 1. The lowest BCUT2D eigenvalue weighted by Crippen LogP contribution is -2.34. The zero-order chi connectivity index (χ0) is 13.7. The van der Waals surface area contributed by atoms with E-state index in [1.165, 1.54) is 18.2 Å². The second-order valence-electron chi connectivity index (χ2n) is 3.62. The molecule has 0 saturated heterocycles. The fourth-order valence-corrected chi connectivity index (χ4v) is 1.34. The first-order chi connectivity index (χ1) is 8.43. The minimum atomic E-state index is -1.09. The van der Waals surface area contributed by atoms with Crippen molar-refractivity contribution < 1.29 is 14.7 Å². The summed E-state index contributed by atoms with van der Waals surface area (Å²) in [6.45, 7) is 5.28. The molecule has 0 saturated carbocycles. The number of carbonyl (C=O) groups is 2. The van der Waals surface area contributed by atoms with Crippen LogP contribution in [0.2, 0.25) is 5.02 Å². The van der Waals surface area contributed by atoms with Crippen molar-refractivity contribution in [3.8, 4) is 0 Å². The number of carbonyl (C=O) groups excluding carboxylic acids is 1. The summed E-state index contributed by atoms with van der Waals surface area (Å²) in [5, 5.41) is 14.2. The quantitative estimate of drug-likeness (QED) is 0.735. The van der Waals surface area contributed by atoms with Crippen molar-refractivity contribution in [2.45, 2.75) is 13.0 Å². The maximum absolute atomic E-state index is 11.5. The van der Waals surface area contributed by atoms with Crippen LogP contribution in [0.4, 0.5) is 10.5 Å². The number of anilines is 1. The lowest BCUT2D eigenvalue weighted by atomic mass is 10.2. The van der Waals surface area contributed by atoms with E-state index in [-0.39, 0.29) is 22.3 Å². The van der Waals surface area contributed by atoms with Crippen LogP contribution in [0.1, 0.15) is 17.3 Å². The Morgan fingerprint density at radius 3 is 2.72 bits per heavy atom. The number of nitrogens with one attached hydrogen (secondary N) is 2. The predicted molar refractivity (Wildman–Crippen MR) is 70.2 cm³/mol. The number of hydrogen-bond acceptors (Lipinski definition) is 2. The minimum Gasteiger partial charge on any atom is -0.478 e. The number of rotatable bonds is 4. The van der Waals surface area contributed by atoms with Gasteiger partial charge in [0, 0.05) is 6.04 Å². The molecule has 1 atom stereocenters. The molecule has 1 aromatic carbocycles. The standard InChI is InChI=1S/C12H13ClN2O3/c1-3-7(2)14-12(18)15-10-6-8(11(16)17)4-5-9(10)13/h3-7H,1H2,2H3,(H,16,17)(H2,14,15,18). The van der Waals surface area contributed by atoms with E-state index in [4.69, 9.17) is 16.7 Å². The highest BCUT2D eigenvalue weighted by molar-refractivity contribution is 6.33. The Morgan fingerprint density at radius 2 is 2.17 bits per heavy atom. The summed E-state index contributed by atoms with van der Waals surface area (Å²) in [6, 6.07) is 3.39. The van der Waals surface area contributed by atoms with Gasteiger partial charge in [-0.25, -0.2) is 9.59 Å². The fourth-order valence-electron chi connectivity index (χ4n) is 1.18. The van der Waals surface area contributed by atoms with Gasteiger partial charge in [-0.3, -0.25) is 0 Å². The summed E-state index contributed by atoms with van der Waals surface area (Å²) in [5.74, 6) is -1.09. The Balaban J connectivity index is 2.83. The summed E-state index contributed by atoms with van der Waals surface area (Å²) in [4.78, 5) is 22.3. The van der Waals surface area contributed by atoms with E-state index < -0.39 is 12.0 Å². The van der Waals surface area contributed by atoms with Crippen LogP contribution < -0.4 is 10.6 Å². The van der Waals surface area contributed by atoms with E-state index in [2.05, 4.69) is 17.2 Å². The molecule has 96 valence electrons. The van der Waals surface area contributed by atoms with Crippen molar-refractivity contribution in [2.75, 3.05) is 5.32 Å². The van der Waals surface area contributed by atoms with Gasteiger partial charge in [-0.05, 0) is 25.1 Å². The summed E-state index contributed by atoms with van der Waals surface area (Å²) in [6.07, 6.45) is 1.56. The summed E-state index contributed by atoms with van der Waals surface area (Å²) < 4.78 is 0. The van der Waals surface area contributed by atoms with Crippen LogP contribution in [-0.4, -0.2) is 23.1 Å².